The highest BCUT2D eigenvalue weighted by Crippen LogP contribution is 2.13. The van der Waals surface area contributed by atoms with Gasteiger partial charge in [0.1, 0.15) is 5.69 Å². The Hall–Kier alpha value is -2.21. The van der Waals surface area contributed by atoms with E-state index in [0.717, 1.165) is 32.5 Å². The highest BCUT2D eigenvalue weighted by atomic mass is 16.2. The summed E-state index contributed by atoms with van der Waals surface area (Å²) in [5.74, 6) is -0.0890. The summed E-state index contributed by atoms with van der Waals surface area (Å²) in [4.78, 5) is 18.7. The number of amides is 1. The third-order valence-electron chi connectivity index (χ3n) is 3.92. The second kappa shape index (κ2) is 6.70. The molecule has 1 unspecified atom stereocenters. The lowest BCUT2D eigenvalue weighted by molar-refractivity contribution is 0.0895. The van der Waals surface area contributed by atoms with E-state index >= 15 is 0 Å². The van der Waals surface area contributed by atoms with Crippen molar-refractivity contribution in [2.75, 3.05) is 13.1 Å². The Bertz CT molecular complexity index is 624. The predicted molar refractivity (Wildman–Crippen MR) is 83.2 cm³/mol. The van der Waals surface area contributed by atoms with Gasteiger partial charge in [-0.2, -0.15) is 5.10 Å². The van der Waals surface area contributed by atoms with Crippen molar-refractivity contribution >= 4 is 5.91 Å². The first-order valence-electron chi connectivity index (χ1n) is 7.62. The molecule has 3 heterocycles. The molecular formula is C16H21N5O. The number of aromatic nitrogens is 3. The van der Waals surface area contributed by atoms with Crippen molar-refractivity contribution in [2.24, 2.45) is 7.05 Å². The number of pyridine rings is 1. The highest BCUT2D eigenvalue weighted by Gasteiger charge is 2.22. The van der Waals surface area contributed by atoms with Crippen LogP contribution < -0.4 is 5.32 Å². The Kier molecular flexibility index (Phi) is 4.48. The molecule has 22 heavy (non-hydrogen) atoms. The molecule has 1 saturated heterocycles. The van der Waals surface area contributed by atoms with E-state index in [4.69, 9.17) is 0 Å². The van der Waals surface area contributed by atoms with Gasteiger partial charge in [0.05, 0.1) is 0 Å². The van der Waals surface area contributed by atoms with Gasteiger partial charge in [0, 0.05) is 44.8 Å². The normalized spacial score (nSPS) is 19.0. The summed E-state index contributed by atoms with van der Waals surface area (Å²) < 4.78 is 1.64. The Morgan fingerprint density at radius 3 is 3.09 bits per heavy atom. The molecule has 0 aliphatic carbocycles. The number of carbonyl (C=O) groups excluding carboxylic acids is 1. The van der Waals surface area contributed by atoms with E-state index in [1.807, 2.05) is 19.3 Å². The molecule has 1 amide bonds. The van der Waals surface area contributed by atoms with Crippen LogP contribution in [0.3, 0.4) is 0 Å². The van der Waals surface area contributed by atoms with Crippen LogP contribution in [-0.4, -0.2) is 44.7 Å². The lowest BCUT2D eigenvalue weighted by atomic mass is 10.0. The first-order valence-corrected chi connectivity index (χ1v) is 7.62. The van der Waals surface area contributed by atoms with E-state index in [1.165, 1.54) is 5.56 Å². The molecule has 6 heteroatoms. The minimum Gasteiger partial charge on any atom is -0.347 e. The standard InChI is InChI=1S/C16H21N5O/c1-20-9-6-15(19-20)16(22)18-14-5-3-8-21(12-14)11-13-4-2-7-17-10-13/h2,4,6-7,9-10,14H,3,5,8,11-12H2,1H3,(H,18,22). The minimum absolute atomic E-state index is 0.0890. The molecule has 116 valence electrons. The van der Waals surface area contributed by atoms with Crippen molar-refractivity contribution in [2.45, 2.75) is 25.4 Å². The van der Waals surface area contributed by atoms with Crippen LogP contribution in [0.1, 0.15) is 28.9 Å². The fraction of sp³-hybridized carbons (Fsp3) is 0.438. The number of rotatable bonds is 4. The maximum atomic E-state index is 12.2. The van der Waals surface area contributed by atoms with Crippen LogP contribution in [0, 0.1) is 0 Å². The van der Waals surface area contributed by atoms with Crippen LogP contribution in [0.4, 0.5) is 0 Å². The van der Waals surface area contributed by atoms with Crippen molar-refractivity contribution in [1.82, 2.24) is 25.0 Å². The summed E-state index contributed by atoms with van der Waals surface area (Å²) in [5.41, 5.74) is 1.69. The minimum atomic E-state index is -0.0890. The fourth-order valence-corrected chi connectivity index (χ4v) is 2.86. The summed E-state index contributed by atoms with van der Waals surface area (Å²) in [5, 5.41) is 7.24. The van der Waals surface area contributed by atoms with Gasteiger partial charge in [0.2, 0.25) is 0 Å². The van der Waals surface area contributed by atoms with Gasteiger partial charge in [-0.25, -0.2) is 0 Å². The molecule has 1 N–H and O–H groups in total. The van der Waals surface area contributed by atoms with E-state index in [0.29, 0.717) is 5.69 Å². The molecule has 0 spiro atoms. The Morgan fingerprint density at radius 1 is 1.45 bits per heavy atom. The first-order chi connectivity index (χ1) is 10.7. The summed E-state index contributed by atoms with van der Waals surface area (Å²) >= 11 is 0. The summed E-state index contributed by atoms with van der Waals surface area (Å²) in [6.07, 6.45) is 7.58. The molecule has 0 aromatic carbocycles. The largest absolute Gasteiger partial charge is 0.347 e. The number of carbonyl (C=O) groups is 1. The summed E-state index contributed by atoms with van der Waals surface area (Å²) in [6.45, 7) is 2.81. The molecule has 2 aromatic rings. The second-order valence-electron chi connectivity index (χ2n) is 5.78. The number of piperidine rings is 1. The lowest BCUT2D eigenvalue weighted by Crippen LogP contribution is -2.47. The third kappa shape index (κ3) is 3.71. The number of hydrogen-bond donors (Lipinski definition) is 1. The molecular weight excluding hydrogens is 278 g/mol. The zero-order valence-corrected chi connectivity index (χ0v) is 12.8. The van der Waals surface area contributed by atoms with Crippen molar-refractivity contribution < 1.29 is 4.79 Å². The highest BCUT2D eigenvalue weighted by molar-refractivity contribution is 5.92. The smallest absolute Gasteiger partial charge is 0.272 e. The average molecular weight is 299 g/mol. The molecule has 1 aliphatic heterocycles. The maximum Gasteiger partial charge on any atom is 0.272 e. The Labute approximate surface area is 130 Å². The molecule has 1 fully saturated rings. The van der Waals surface area contributed by atoms with Crippen molar-refractivity contribution in [1.29, 1.82) is 0 Å². The van der Waals surface area contributed by atoms with Gasteiger partial charge in [-0.05, 0) is 37.1 Å². The van der Waals surface area contributed by atoms with Crippen LogP contribution in [0.25, 0.3) is 0 Å². The van der Waals surface area contributed by atoms with Crippen LogP contribution >= 0.6 is 0 Å². The Balaban J connectivity index is 1.55. The third-order valence-corrected chi connectivity index (χ3v) is 3.92. The monoisotopic (exact) mass is 299 g/mol. The zero-order valence-electron chi connectivity index (χ0n) is 12.8. The molecule has 0 radical (unpaired) electrons. The molecule has 1 atom stereocenters. The first kappa shape index (κ1) is 14.7. The Morgan fingerprint density at radius 2 is 2.36 bits per heavy atom. The average Bonchev–Trinajstić information content (AvgIpc) is 2.95. The molecule has 3 rings (SSSR count). The number of hydrogen-bond acceptors (Lipinski definition) is 4. The van der Waals surface area contributed by atoms with Crippen LogP contribution in [0.15, 0.2) is 36.8 Å². The van der Waals surface area contributed by atoms with Crippen LogP contribution in [-0.2, 0) is 13.6 Å². The molecule has 2 aromatic heterocycles. The second-order valence-corrected chi connectivity index (χ2v) is 5.78. The molecule has 0 bridgehead atoms. The predicted octanol–water partition coefficient (Wildman–Crippen LogP) is 1.21. The van der Waals surface area contributed by atoms with E-state index in [1.54, 1.807) is 23.1 Å². The van der Waals surface area contributed by atoms with E-state index < -0.39 is 0 Å². The number of aryl methyl sites for hydroxylation is 1. The maximum absolute atomic E-state index is 12.2. The molecule has 0 saturated carbocycles. The van der Waals surface area contributed by atoms with Crippen molar-refractivity contribution in [3.63, 3.8) is 0 Å². The van der Waals surface area contributed by atoms with Gasteiger partial charge in [-0.3, -0.25) is 19.4 Å². The SMILES string of the molecule is Cn1ccc(C(=O)NC2CCCN(Cc3cccnc3)C2)n1. The van der Waals surface area contributed by atoms with Crippen LogP contribution in [0.2, 0.25) is 0 Å². The van der Waals surface area contributed by atoms with Crippen molar-refractivity contribution in [3.05, 3.63) is 48.0 Å². The fourth-order valence-electron chi connectivity index (χ4n) is 2.86. The van der Waals surface area contributed by atoms with Gasteiger partial charge < -0.3 is 5.32 Å². The number of likely N-dealkylation sites (tertiary alicyclic amines) is 1. The number of nitrogens with one attached hydrogen (secondary N) is 1. The van der Waals surface area contributed by atoms with E-state index in [9.17, 15) is 4.79 Å². The summed E-state index contributed by atoms with van der Waals surface area (Å²) in [6, 6.07) is 5.97. The van der Waals surface area contributed by atoms with Crippen LogP contribution in [0.5, 0.6) is 0 Å². The van der Waals surface area contributed by atoms with Gasteiger partial charge in [0.25, 0.3) is 5.91 Å². The quantitative estimate of drug-likeness (QED) is 0.922. The molecule has 1 aliphatic rings. The number of nitrogens with zero attached hydrogens (tertiary/aromatic N) is 4. The van der Waals surface area contributed by atoms with Gasteiger partial charge in [0.15, 0.2) is 0 Å². The van der Waals surface area contributed by atoms with Crippen molar-refractivity contribution in [3.8, 4) is 0 Å². The zero-order chi connectivity index (χ0) is 15.4. The lowest BCUT2D eigenvalue weighted by Gasteiger charge is -2.32. The van der Waals surface area contributed by atoms with Gasteiger partial charge >= 0.3 is 0 Å². The van der Waals surface area contributed by atoms with E-state index in [2.05, 4.69) is 26.4 Å². The molecule has 6 nitrogen and oxygen atoms in total. The van der Waals surface area contributed by atoms with Gasteiger partial charge in [-0.1, -0.05) is 6.07 Å². The van der Waals surface area contributed by atoms with E-state index in [-0.39, 0.29) is 11.9 Å². The summed E-state index contributed by atoms with van der Waals surface area (Å²) in [7, 11) is 1.81. The topological polar surface area (TPSA) is 63.1 Å². The van der Waals surface area contributed by atoms with Gasteiger partial charge in [-0.15, -0.1) is 0 Å².